The fraction of sp³-hybridized carbons (Fsp3) is 0.500. The maximum absolute atomic E-state index is 13.8. The largest absolute Gasteiger partial charge is 0.480 e. The van der Waals surface area contributed by atoms with Crippen LogP contribution in [0.1, 0.15) is 65.0 Å². The van der Waals surface area contributed by atoms with Crippen molar-refractivity contribution in [1.29, 1.82) is 5.26 Å². The van der Waals surface area contributed by atoms with Crippen LogP contribution in [-0.2, 0) is 25.6 Å². The van der Waals surface area contributed by atoms with Crippen molar-refractivity contribution >= 4 is 41.5 Å². The van der Waals surface area contributed by atoms with E-state index in [-0.39, 0.29) is 43.8 Å². The van der Waals surface area contributed by atoms with Crippen LogP contribution in [0.5, 0.6) is 0 Å². The maximum atomic E-state index is 13.8. The molecule has 4 atom stereocenters. The van der Waals surface area contributed by atoms with Gasteiger partial charge >= 0.3 is 5.97 Å². The van der Waals surface area contributed by atoms with E-state index < -0.39 is 90.9 Å². The topological polar surface area (TPSA) is 279 Å². The molecule has 2 aromatic rings. The first-order chi connectivity index (χ1) is 26.5. The molecule has 0 aliphatic carbocycles. The number of amides is 5. The Morgan fingerprint density at radius 2 is 1.68 bits per heavy atom. The number of alkyl halides is 2. The molecule has 1 saturated heterocycles. The zero-order chi connectivity index (χ0) is 41.4. The number of nitrogens with one attached hydrogen (secondary N) is 4. The molecule has 304 valence electrons. The highest BCUT2D eigenvalue weighted by Gasteiger charge is 2.47. The van der Waals surface area contributed by atoms with Gasteiger partial charge in [0.25, 0.3) is 17.7 Å². The maximum Gasteiger partial charge on any atom is 0.326 e. The van der Waals surface area contributed by atoms with E-state index in [9.17, 15) is 42.7 Å². The van der Waals surface area contributed by atoms with Crippen molar-refractivity contribution in [1.82, 2.24) is 31.1 Å². The molecule has 0 unspecified atom stereocenters. The molecule has 56 heavy (non-hydrogen) atoms. The lowest BCUT2D eigenvalue weighted by atomic mass is 10.0. The smallest absolute Gasteiger partial charge is 0.326 e. The van der Waals surface area contributed by atoms with Gasteiger partial charge in [0.2, 0.25) is 17.7 Å². The Bertz CT molecular complexity index is 1760. The van der Waals surface area contributed by atoms with Crippen LogP contribution in [0.3, 0.4) is 0 Å². The number of furan rings is 1. The number of unbranched alkanes of at least 4 members (excludes halogenated alkanes) is 1. The first-order valence-corrected chi connectivity index (χ1v) is 17.8. The van der Waals surface area contributed by atoms with Crippen molar-refractivity contribution in [3.63, 3.8) is 0 Å². The number of nitrogens with zero attached hydrogens (tertiary/aromatic N) is 4. The standard InChI is InChI=1S/C36H48F2N10O8/c1-47(2)35(41)42-14-8-12-25(31(51)46-27(15-22-9-4-3-5-10-22)32(52)45-26(34(54)55)11-6-7-13-39)44-30(50)23-16-28(56-20-23)33(53)43-19-29(49)48-21-36(37,38)17-24(48)18-40/h3-5,9-10,16,20,24-27H,6-8,11-15,17,19,21,39H2,1-2H3,(H2,41,42)(H,43,53)(H,44,50)(H,45,52)(H,46,51)(H,54,55)/t24-,25-,26-,27-/m0/s1. The molecule has 5 amide bonds. The highest BCUT2D eigenvalue weighted by atomic mass is 19.3. The van der Waals surface area contributed by atoms with Crippen molar-refractivity contribution < 1.29 is 47.1 Å². The van der Waals surface area contributed by atoms with Crippen LogP contribution in [-0.4, -0.2) is 127 Å². The normalized spacial score (nSPS) is 16.5. The fourth-order valence-electron chi connectivity index (χ4n) is 5.61. The van der Waals surface area contributed by atoms with E-state index in [2.05, 4.69) is 26.3 Å². The fourth-order valence-corrected chi connectivity index (χ4v) is 5.61. The first kappa shape index (κ1) is 44.3. The van der Waals surface area contributed by atoms with Gasteiger partial charge in [0, 0.05) is 39.5 Å². The third-order valence-corrected chi connectivity index (χ3v) is 8.71. The summed E-state index contributed by atoms with van der Waals surface area (Å²) in [6, 6.07) is 6.23. The lowest BCUT2D eigenvalue weighted by Gasteiger charge is -2.25. The van der Waals surface area contributed by atoms with E-state index in [1.807, 2.05) is 0 Å². The monoisotopic (exact) mass is 786 g/mol. The predicted octanol–water partition coefficient (Wildman–Crippen LogP) is -0.0500. The molecular formula is C36H48F2N10O8. The summed E-state index contributed by atoms with van der Waals surface area (Å²) in [5.74, 6) is -8.96. The SMILES string of the molecule is CN(C)C(N)=NCCC[C@H](NC(=O)c1coc(C(=O)NCC(=O)N2CC(F)(F)C[C@H]2C#N)c1)C(=O)N[C@@H](Cc1ccccc1)C(=O)N[C@@H](CCCCN)C(=O)O. The molecule has 0 spiro atoms. The van der Waals surface area contributed by atoms with Crippen molar-refractivity contribution in [2.45, 2.75) is 75.0 Å². The van der Waals surface area contributed by atoms with Gasteiger partial charge in [0.05, 0.1) is 24.7 Å². The van der Waals surface area contributed by atoms with Crippen LogP contribution < -0.4 is 32.7 Å². The second-order valence-electron chi connectivity index (χ2n) is 13.3. The number of nitriles is 1. The molecule has 1 fully saturated rings. The highest BCUT2D eigenvalue weighted by Crippen LogP contribution is 2.31. The van der Waals surface area contributed by atoms with Gasteiger partial charge in [-0.2, -0.15) is 5.26 Å². The number of likely N-dealkylation sites (tertiary alicyclic amines) is 1. The van der Waals surface area contributed by atoms with Gasteiger partial charge in [-0.05, 0) is 44.2 Å². The minimum absolute atomic E-state index is 0.00480. The number of rotatable bonds is 20. The average molecular weight is 787 g/mol. The van der Waals surface area contributed by atoms with Gasteiger partial charge in [0.1, 0.15) is 30.4 Å². The number of carboxylic acid groups (broad SMARTS) is 1. The summed E-state index contributed by atoms with van der Waals surface area (Å²) >= 11 is 0. The van der Waals surface area contributed by atoms with Gasteiger partial charge in [-0.1, -0.05) is 30.3 Å². The number of guanidine groups is 1. The Kier molecular flexibility index (Phi) is 16.7. The minimum Gasteiger partial charge on any atom is -0.480 e. The predicted molar refractivity (Wildman–Crippen MR) is 197 cm³/mol. The summed E-state index contributed by atoms with van der Waals surface area (Å²) in [7, 11) is 3.38. The summed E-state index contributed by atoms with van der Waals surface area (Å²) < 4.78 is 32.7. The van der Waals surface area contributed by atoms with Gasteiger partial charge in [-0.15, -0.1) is 0 Å². The van der Waals surface area contributed by atoms with Crippen LogP contribution in [0.25, 0.3) is 0 Å². The Morgan fingerprint density at radius 1 is 1.02 bits per heavy atom. The van der Waals surface area contributed by atoms with E-state index in [0.717, 1.165) is 12.3 Å². The number of benzene rings is 1. The summed E-state index contributed by atoms with van der Waals surface area (Å²) in [6.45, 7) is -1.18. The summed E-state index contributed by atoms with van der Waals surface area (Å²) in [5, 5.41) is 28.8. The van der Waals surface area contributed by atoms with Crippen LogP contribution in [0.2, 0.25) is 0 Å². The molecule has 0 bridgehead atoms. The number of hydrogen-bond donors (Lipinski definition) is 7. The molecule has 0 radical (unpaired) electrons. The molecule has 9 N–H and O–H groups in total. The molecule has 1 aliphatic heterocycles. The number of aliphatic imine (C=N–C) groups is 1. The van der Waals surface area contributed by atoms with E-state index in [4.69, 9.17) is 21.1 Å². The molecule has 18 nitrogen and oxygen atoms in total. The van der Waals surface area contributed by atoms with Gasteiger partial charge in [-0.3, -0.25) is 29.0 Å². The van der Waals surface area contributed by atoms with E-state index >= 15 is 0 Å². The van der Waals surface area contributed by atoms with Crippen LogP contribution >= 0.6 is 0 Å². The lowest BCUT2D eigenvalue weighted by Crippen LogP contribution is -2.56. The number of aliphatic carboxylic acids is 1. The molecule has 2 heterocycles. The van der Waals surface area contributed by atoms with Crippen molar-refractivity contribution in [3.05, 3.63) is 59.5 Å². The Balaban J connectivity index is 1.76. The Labute approximate surface area is 322 Å². The van der Waals surface area contributed by atoms with Gasteiger partial charge < -0.3 is 52.1 Å². The molecule has 1 aromatic heterocycles. The molecule has 1 aliphatic rings. The number of carboxylic acids is 1. The summed E-state index contributed by atoms with van der Waals surface area (Å²) in [5.41, 5.74) is 11.9. The van der Waals surface area contributed by atoms with E-state index in [0.29, 0.717) is 29.8 Å². The number of carbonyl (C=O) groups is 6. The average Bonchev–Trinajstić information content (AvgIpc) is 3.79. The first-order valence-electron chi connectivity index (χ1n) is 17.8. The Morgan fingerprint density at radius 3 is 2.32 bits per heavy atom. The van der Waals surface area contributed by atoms with Crippen molar-refractivity contribution in [2.75, 3.05) is 40.3 Å². The van der Waals surface area contributed by atoms with Crippen LogP contribution in [0.4, 0.5) is 8.78 Å². The molecule has 1 aromatic carbocycles. The Hall–Kier alpha value is -6.10. The molecular weight excluding hydrogens is 738 g/mol. The molecule has 0 saturated carbocycles. The van der Waals surface area contributed by atoms with Crippen LogP contribution in [0, 0.1) is 11.3 Å². The zero-order valence-corrected chi connectivity index (χ0v) is 31.1. The third-order valence-electron chi connectivity index (χ3n) is 8.71. The molecule has 20 heteroatoms. The quantitative estimate of drug-likeness (QED) is 0.0529. The van der Waals surface area contributed by atoms with E-state index in [1.165, 1.54) is 0 Å². The zero-order valence-electron chi connectivity index (χ0n) is 31.1. The third kappa shape index (κ3) is 13.6. The summed E-state index contributed by atoms with van der Waals surface area (Å²) in [4.78, 5) is 84.4. The number of carbonyl (C=O) groups excluding carboxylic acids is 5. The van der Waals surface area contributed by atoms with Crippen LogP contribution in [0.15, 0.2) is 52.1 Å². The van der Waals surface area contributed by atoms with Crippen molar-refractivity contribution in [2.24, 2.45) is 16.5 Å². The number of hydrogen-bond acceptors (Lipinski definition) is 10. The van der Waals surface area contributed by atoms with Gasteiger partial charge in [-0.25, -0.2) is 13.6 Å². The second-order valence-corrected chi connectivity index (χ2v) is 13.3. The second kappa shape index (κ2) is 21.1. The summed E-state index contributed by atoms with van der Waals surface area (Å²) in [6.07, 6.45) is 1.44. The minimum atomic E-state index is -3.24. The number of nitrogens with two attached hydrogens (primary N) is 2. The highest BCUT2D eigenvalue weighted by molar-refractivity contribution is 6.01. The van der Waals surface area contributed by atoms with E-state index in [1.54, 1.807) is 55.4 Å². The number of halogens is 2. The van der Waals surface area contributed by atoms with Crippen molar-refractivity contribution in [3.8, 4) is 6.07 Å². The van der Waals surface area contributed by atoms with Gasteiger partial charge in [0.15, 0.2) is 11.7 Å². The molecule has 3 rings (SSSR count). The lowest BCUT2D eigenvalue weighted by molar-refractivity contribution is -0.142.